The van der Waals surface area contributed by atoms with Gasteiger partial charge in [0.2, 0.25) is 0 Å². The smallest absolute Gasteiger partial charge is 0.328 e. The molecule has 112 valence electrons. The Bertz CT molecular complexity index is 652. The fraction of sp³-hybridized carbons (Fsp3) is 0.533. The molecule has 1 aliphatic rings. The van der Waals surface area contributed by atoms with Crippen LogP contribution in [0.25, 0.3) is 5.65 Å². The molecule has 1 unspecified atom stereocenters. The van der Waals surface area contributed by atoms with Crippen molar-refractivity contribution in [1.82, 2.24) is 14.6 Å². The Kier molecular flexibility index (Phi) is 3.77. The SMILES string of the molecule is CCOC(=O)C1CCCCN1c1cc(C)cc2ncnn12. The van der Waals surface area contributed by atoms with E-state index in [-0.39, 0.29) is 12.0 Å². The van der Waals surface area contributed by atoms with Crippen LogP contribution in [0, 0.1) is 6.92 Å². The third-order valence-corrected chi connectivity index (χ3v) is 3.86. The molecule has 1 atom stereocenters. The molecule has 0 radical (unpaired) electrons. The van der Waals surface area contributed by atoms with Gasteiger partial charge in [-0.05, 0) is 50.8 Å². The summed E-state index contributed by atoms with van der Waals surface area (Å²) in [6.45, 7) is 5.12. The van der Waals surface area contributed by atoms with Crippen molar-refractivity contribution in [3.63, 3.8) is 0 Å². The molecule has 1 aliphatic heterocycles. The van der Waals surface area contributed by atoms with Gasteiger partial charge in [0.15, 0.2) is 5.65 Å². The number of hydrogen-bond acceptors (Lipinski definition) is 5. The van der Waals surface area contributed by atoms with Crippen molar-refractivity contribution in [2.75, 3.05) is 18.1 Å². The van der Waals surface area contributed by atoms with Gasteiger partial charge in [0.25, 0.3) is 0 Å². The number of anilines is 1. The highest BCUT2D eigenvalue weighted by molar-refractivity contribution is 5.80. The van der Waals surface area contributed by atoms with Crippen LogP contribution in [0.3, 0.4) is 0 Å². The first-order valence-electron chi connectivity index (χ1n) is 7.44. The average Bonchev–Trinajstić information content (AvgIpc) is 2.94. The number of aromatic nitrogens is 3. The maximum atomic E-state index is 12.2. The van der Waals surface area contributed by atoms with Crippen molar-refractivity contribution in [3.05, 3.63) is 24.0 Å². The number of hydrogen-bond donors (Lipinski definition) is 0. The fourth-order valence-corrected chi connectivity index (χ4v) is 2.93. The van der Waals surface area contributed by atoms with E-state index < -0.39 is 0 Å². The van der Waals surface area contributed by atoms with Gasteiger partial charge in [-0.2, -0.15) is 9.61 Å². The lowest BCUT2D eigenvalue weighted by molar-refractivity contribution is -0.145. The van der Waals surface area contributed by atoms with E-state index in [2.05, 4.69) is 21.0 Å². The minimum absolute atomic E-state index is 0.146. The van der Waals surface area contributed by atoms with Gasteiger partial charge in [-0.15, -0.1) is 0 Å². The van der Waals surface area contributed by atoms with E-state index in [0.29, 0.717) is 6.61 Å². The van der Waals surface area contributed by atoms with Crippen LogP contribution >= 0.6 is 0 Å². The number of rotatable bonds is 3. The van der Waals surface area contributed by atoms with Gasteiger partial charge in [-0.3, -0.25) is 0 Å². The Morgan fingerprint density at radius 3 is 3.10 bits per heavy atom. The molecule has 0 amide bonds. The van der Waals surface area contributed by atoms with Crippen molar-refractivity contribution >= 4 is 17.4 Å². The van der Waals surface area contributed by atoms with Crippen LogP contribution in [-0.4, -0.2) is 39.8 Å². The summed E-state index contributed by atoms with van der Waals surface area (Å²) in [5, 5.41) is 4.29. The molecule has 0 spiro atoms. The molecule has 6 heteroatoms. The number of carbonyl (C=O) groups is 1. The molecule has 2 aromatic heterocycles. The predicted octanol–water partition coefficient (Wildman–Crippen LogP) is 1.96. The van der Waals surface area contributed by atoms with E-state index >= 15 is 0 Å². The Morgan fingerprint density at radius 1 is 1.43 bits per heavy atom. The lowest BCUT2D eigenvalue weighted by Gasteiger charge is -2.35. The molecule has 3 rings (SSSR count). The van der Waals surface area contributed by atoms with Gasteiger partial charge < -0.3 is 9.64 Å². The summed E-state index contributed by atoms with van der Waals surface area (Å²) in [6, 6.07) is 3.81. The highest BCUT2D eigenvalue weighted by atomic mass is 16.5. The summed E-state index contributed by atoms with van der Waals surface area (Å²) in [6.07, 6.45) is 4.48. The quantitative estimate of drug-likeness (QED) is 0.808. The van der Waals surface area contributed by atoms with Gasteiger partial charge in [0.05, 0.1) is 6.61 Å². The molecule has 0 saturated carbocycles. The molecular formula is C15H20N4O2. The Balaban J connectivity index is 2.02. The van der Waals surface area contributed by atoms with E-state index in [9.17, 15) is 4.79 Å². The van der Waals surface area contributed by atoms with E-state index in [1.165, 1.54) is 0 Å². The largest absolute Gasteiger partial charge is 0.464 e. The third-order valence-electron chi connectivity index (χ3n) is 3.86. The van der Waals surface area contributed by atoms with Crippen molar-refractivity contribution in [2.45, 2.75) is 39.2 Å². The second-order valence-electron chi connectivity index (χ2n) is 5.38. The van der Waals surface area contributed by atoms with E-state index in [1.54, 1.807) is 10.8 Å². The normalized spacial score (nSPS) is 19.0. The third kappa shape index (κ3) is 2.57. The van der Waals surface area contributed by atoms with Crippen molar-refractivity contribution in [3.8, 4) is 0 Å². The summed E-state index contributed by atoms with van der Waals surface area (Å²) in [7, 11) is 0. The van der Waals surface area contributed by atoms with Crippen LogP contribution in [0.15, 0.2) is 18.5 Å². The molecule has 2 aromatic rings. The summed E-state index contributed by atoms with van der Waals surface area (Å²) in [4.78, 5) is 18.6. The Morgan fingerprint density at radius 2 is 2.29 bits per heavy atom. The summed E-state index contributed by atoms with van der Waals surface area (Å²) in [5.74, 6) is 0.771. The van der Waals surface area contributed by atoms with Gasteiger partial charge in [0, 0.05) is 6.54 Å². The number of esters is 1. The lowest BCUT2D eigenvalue weighted by atomic mass is 10.0. The van der Waals surface area contributed by atoms with Gasteiger partial charge in [-0.25, -0.2) is 9.78 Å². The predicted molar refractivity (Wildman–Crippen MR) is 79.3 cm³/mol. The minimum Gasteiger partial charge on any atom is -0.464 e. The molecule has 1 saturated heterocycles. The van der Waals surface area contributed by atoms with Crippen molar-refractivity contribution in [1.29, 1.82) is 0 Å². The highest BCUT2D eigenvalue weighted by Crippen LogP contribution is 2.26. The maximum absolute atomic E-state index is 12.2. The maximum Gasteiger partial charge on any atom is 0.328 e. The van der Waals surface area contributed by atoms with Crippen LogP contribution in [0.5, 0.6) is 0 Å². The summed E-state index contributed by atoms with van der Waals surface area (Å²) in [5.41, 5.74) is 1.91. The first-order chi connectivity index (χ1) is 10.2. The monoisotopic (exact) mass is 288 g/mol. The van der Waals surface area contributed by atoms with Gasteiger partial charge >= 0.3 is 5.97 Å². The van der Waals surface area contributed by atoms with Crippen LogP contribution in [0.2, 0.25) is 0 Å². The fourth-order valence-electron chi connectivity index (χ4n) is 2.93. The topological polar surface area (TPSA) is 59.7 Å². The number of ether oxygens (including phenoxy) is 1. The lowest BCUT2D eigenvalue weighted by Crippen LogP contribution is -2.46. The number of aryl methyl sites for hydroxylation is 1. The van der Waals surface area contributed by atoms with E-state index in [0.717, 1.165) is 42.8 Å². The number of fused-ring (bicyclic) bond motifs is 1. The minimum atomic E-state index is -0.229. The number of pyridine rings is 1. The standard InChI is InChI=1S/C15H20N4O2/c1-3-21-15(20)12-6-4-5-7-18(12)14-9-11(2)8-13-16-10-17-19(13)14/h8-10,12H,3-7H2,1-2H3. The molecule has 0 N–H and O–H groups in total. The first-order valence-corrected chi connectivity index (χ1v) is 7.44. The van der Waals surface area contributed by atoms with Crippen LogP contribution < -0.4 is 4.90 Å². The van der Waals surface area contributed by atoms with Crippen molar-refractivity contribution < 1.29 is 9.53 Å². The highest BCUT2D eigenvalue weighted by Gasteiger charge is 2.31. The molecule has 1 fully saturated rings. The van der Waals surface area contributed by atoms with Crippen molar-refractivity contribution in [2.24, 2.45) is 0 Å². The zero-order chi connectivity index (χ0) is 14.8. The Hall–Kier alpha value is -2.11. The second-order valence-corrected chi connectivity index (χ2v) is 5.38. The molecule has 3 heterocycles. The van der Waals surface area contributed by atoms with E-state index in [4.69, 9.17) is 4.74 Å². The average molecular weight is 288 g/mol. The summed E-state index contributed by atoms with van der Waals surface area (Å²) >= 11 is 0. The van der Waals surface area contributed by atoms with Gasteiger partial charge in [0.1, 0.15) is 18.2 Å². The van der Waals surface area contributed by atoms with Crippen LogP contribution in [0.4, 0.5) is 5.82 Å². The summed E-state index contributed by atoms with van der Waals surface area (Å²) < 4.78 is 7.03. The molecule has 21 heavy (non-hydrogen) atoms. The van der Waals surface area contributed by atoms with Gasteiger partial charge in [-0.1, -0.05) is 0 Å². The molecule has 0 bridgehead atoms. The first kappa shape index (κ1) is 13.9. The van der Waals surface area contributed by atoms with E-state index in [1.807, 2.05) is 19.9 Å². The zero-order valence-corrected chi connectivity index (χ0v) is 12.5. The Labute approximate surface area is 123 Å². The molecule has 6 nitrogen and oxygen atoms in total. The van der Waals surface area contributed by atoms with Crippen LogP contribution in [0.1, 0.15) is 31.7 Å². The molecule has 0 aliphatic carbocycles. The zero-order valence-electron chi connectivity index (χ0n) is 12.5. The number of carbonyl (C=O) groups excluding carboxylic acids is 1. The second kappa shape index (κ2) is 5.71. The number of nitrogens with zero attached hydrogens (tertiary/aromatic N) is 4. The van der Waals surface area contributed by atoms with Crippen LogP contribution in [-0.2, 0) is 9.53 Å². The molecule has 0 aromatic carbocycles. The number of piperidine rings is 1. The molecular weight excluding hydrogens is 268 g/mol.